The molecule has 2 rings (SSSR count). The van der Waals surface area contributed by atoms with Gasteiger partial charge in [0.2, 0.25) is 0 Å². The molecule has 4 nitrogen and oxygen atoms in total. The van der Waals surface area contributed by atoms with Gasteiger partial charge in [0, 0.05) is 0 Å². The van der Waals surface area contributed by atoms with Crippen molar-refractivity contribution in [3.63, 3.8) is 0 Å². The Hall–Kier alpha value is -2.15. The second kappa shape index (κ2) is 3.30. The summed E-state index contributed by atoms with van der Waals surface area (Å²) < 4.78 is 1.66. The smallest absolute Gasteiger partial charge is 0.138 e. The molecule has 2 aromatic rings. The van der Waals surface area contributed by atoms with Gasteiger partial charge in [-0.2, -0.15) is 10.4 Å². The van der Waals surface area contributed by atoms with Gasteiger partial charge in [-0.15, -0.1) is 0 Å². The van der Waals surface area contributed by atoms with Crippen molar-refractivity contribution in [1.82, 2.24) is 14.8 Å². The minimum atomic E-state index is 0.689. The normalized spacial score (nSPS) is 9.71. The first-order valence-electron chi connectivity index (χ1n) is 4.17. The van der Waals surface area contributed by atoms with Gasteiger partial charge in [-0.3, -0.25) is 0 Å². The topological polar surface area (TPSA) is 54.5 Å². The Morgan fingerprint density at radius 2 is 2.29 bits per heavy atom. The highest BCUT2D eigenvalue weighted by molar-refractivity contribution is 5.44. The first-order chi connectivity index (χ1) is 6.81. The highest BCUT2D eigenvalue weighted by Crippen LogP contribution is 2.12. The lowest BCUT2D eigenvalue weighted by Gasteiger charge is -2.02. The lowest BCUT2D eigenvalue weighted by atomic mass is 10.1. The molecule has 0 bridgehead atoms. The van der Waals surface area contributed by atoms with Crippen LogP contribution in [0.3, 0.4) is 0 Å². The Labute approximate surface area is 81.4 Å². The van der Waals surface area contributed by atoms with Gasteiger partial charge in [0.15, 0.2) is 0 Å². The minimum Gasteiger partial charge on any atom is -0.223 e. The Morgan fingerprint density at radius 3 is 2.86 bits per heavy atom. The van der Waals surface area contributed by atoms with Crippen molar-refractivity contribution < 1.29 is 0 Å². The molecule has 0 saturated carbocycles. The van der Waals surface area contributed by atoms with E-state index in [1.165, 1.54) is 6.33 Å². The van der Waals surface area contributed by atoms with Crippen molar-refractivity contribution in [3.05, 3.63) is 42.0 Å². The zero-order valence-electron chi connectivity index (χ0n) is 7.68. The standard InChI is InChI=1S/C10H8N4/c1-8-4-10(3-2-9(8)5-11)14-7-12-6-13-14/h2-4,6-7H,1H3. The van der Waals surface area contributed by atoms with E-state index >= 15 is 0 Å². The van der Waals surface area contributed by atoms with Gasteiger partial charge >= 0.3 is 0 Å². The minimum absolute atomic E-state index is 0.689. The molecule has 0 fully saturated rings. The second-order valence-corrected chi connectivity index (χ2v) is 2.95. The third-order valence-corrected chi connectivity index (χ3v) is 2.01. The van der Waals surface area contributed by atoms with Crippen LogP contribution < -0.4 is 0 Å². The number of hydrogen-bond donors (Lipinski definition) is 0. The molecule has 0 aliphatic rings. The van der Waals surface area contributed by atoms with Gasteiger partial charge in [-0.1, -0.05) is 0 Å². The molecule has 0 N–H and O–H groups in total. The average molecular weight is 184 g/mol. The van der Waals surface area contributed by atoms with Gasteiger partial charge in [-0.05, 0) is 30.7 Å². The summed E-state index contributed by atoms with van der Waals surface area (Å²) in [6.45, 7) is 1.90. The molecule has 0 amide bonds. The summed E-state index contributed by atoms with van der Waals surface area (Å²) in [6, 6.07) is 7.66. The van der Waals surface area contributed by atoms with E-state index < -0.39 is 0 Å². The van der Waals surface area contributed by atoms with Crippen LogP contribution in [0.5, 0.6) is 0 Å². The van der Waals surface area contributed by atoms with Crippen LogP contribution in [0.1, 0.15) is 11.1 Å². The maximum atomic E-state index is 8.76. The van der Waals surface area contributed by atoms with E-state index in [0.717, 1.165) is 11.3 Å². The van der Waals surface area contributed by atoms with Crippen LogP contribution in [0, 0.1) is 18.3 Å². The molecule has 0 atom stereocenters. The van der Waals surface area contributed by atoms with Crippen molar-refractivity contribution >= 4 is 0 Å². The van der Waals surface area contributed by atoms with Crippen LogP contribution in [0.2, 0.25) is 0 Å². The van der Waals surface area contributed by atoms with Crippen LogP contribution in [0.4, 0.5) is 0 Å². The van der Waals surface area contributed by atoms with Crippen molar-refractivity contribution in [2.75, 3.05) is 0 Å². The predicted molar refractivity (Wildman–Crippen MR) is 50.8 cm³/mol. The van der Waals surface area contributed by atoms with E-state index in [4.69, 9.17) is 5.26 Å². The van der Waals surface area contributed by atoms with E-state index in [1.807, 2.05) is 19.1 Å². The summed E-state index contributed by atoms with van der Waals surface area (Å²) in [4.78, 5) is 3.86. The van der Waals surface area contributed by atoms with Crippen LogP contribution in [-0.2, 0) is 0 Å². The third-order valence-electron chi connectivity index (χ3n) is 2.01. The highest BCUT2D eigenvalue weighted by Gasteiger charge is 2.00. The number of aryl methyl sites for hydroxylation is 1. The Morgan fingerprint density at radius 1 is 1.43 bits per heavy atom. The third kappa shape index (κ3) is 1.36. The monoisotopic (exact) mass is 184 g/mol. The fraction of sp³-hybridized carbons (Fsp3) is 0.100. The number of benzene rings is 1. The first-order valence-corrected chi connectivity index (χ1v) is 4.17. The summed E-state index contributed by atoms with van der Waals surface area (Å²) in [6.07, 6.45) is 3.11. The van der Waals surface area contributed by atoms with Crippen molar-refractivity contribution in [2.45, 2.75) is 6.92 Å². The largest absolute Gasteiger partial charge is 0.223 e. The quantitative estimate of drug-likeness (QED) is 0.674. The molecule has 4 heteroatoms. The van der Waals surface area contributed by atoms with Gasteiger partial charge in [0.25, 0.3) is 0 Å². The summed E-state index contributed by atoms with van der Waals surface area (Å²) in [5.74, 6) is 0. The van der Waals surface area contributed by atoms with E-state index in [-0.39, 0.29) is 0 Å². The second-order valence-electron chi connectivity index (χ2n) is 2.95. The molecule has 0 radical (unpaired) electrons. The molecule has 0 aliphatic carbocycles. The maximum Gasteiger partial charge on any atom is 0.138 e. The molecule has 1 heterocycles. The summed E-state index contributed by atoms with van der Waals surface area (Å²) >= 11 is 0. The summed E-state index contributed by atoms with van der Waals surface area (Å²) in [7, 11) is 0. The Kier molecular flexibility index (Phi) is 1.99. The molecule has 0 aliphatic heterocycles. The zero-order valence-corrected chi connectivity index (χ0v) is 7.68. The van der Waals surface area contributed by atoms with Gasteiger partial charge in [-0.25, -0.2) is 9.67 Å². The van der Waals surface area contributed by atoms with Gasteiger partial charge in [0.05, 0.1) is 17.3 Å². The van der Waals surface area contributed by atoms with Crippen LogP contribution >= 0.6 is 0 Å². The van der Waals surface area contributed by atoms with Gasteiger partial charge in [0.1, 0.15) is 12.7 Å². The summed E-state index contributed by atoms with van der Waals surface area (Å²) in [5, 5.41) is 12.8. The van der Waals surface area contributed by atoms with E-state index in [9.17, 15) is 0 Å². The highest BCUT2D eigenvalue weighted by atomic mass is 15.3. The number of aromatic nitrogens is 3. The van der Waals surface area contributed by atoms with E-state index in [1.54, 1.807) is 17.1 Å². The SMILES string of the molecule is Cc1cc(-n2cncn2)ccc1C#N. The van der Waals surface area contributed by atoms with E-state index in [2.05, 4.69) is 16.2 Å². The number of nitrogens with zero attached hydrogens (tertiary/aromatic N) is 4. The molecular formula is C10H8N4. The number of rotatable bonds is 1. The molecule has 1 aromatic carbocycles. The fourth-order valence-electron chi connectivity index (χ4n) is 1.26. The lowest BCUT2D eigenvalue weighted by Crippen LogP contribution is -1.95. The molecule has 1 aromatic heterocycles. The molecule has 0 spiro atoms. The zero-order chi connectivity index (χ0) is 9.97. The number of hydrogen-bond acceptors (Lipinski definition) is 3. The molecule has 0 unspecified atom stereocenters. The Bertz CT molecular complexity index is 479. The fourth-order valence-corrected chi connectivity index (χ4v) is 1.26. The van der Waals surface area contributed by atoms with E-state index in [0.29, 0.717) is 5.56 Å². The lowest BCUT2D eigenvalue weighted by molar-refractivity contribution is 0.877. The molecule has 68 valence electrons. The van der Waals surface area contributed by atoms with Crippen LogP contribution in [-0.4, -0.2) is 14.8 Å². The Balaban J connectivity index is 2.49. The van der Waals surface area contributed by atoms with Crippen molar-refractivity contribution in [1.29, 1.82) is 5.26 Å². The van der Waals surface area contributed by atoms with Crippen molar-refractivity contribution in [3.8, 4) is 11.8 Å². The summed E-state index contributed by atoms with van der Waals surface area (Å²) in [5.41, 5.74) is 2.55. The van der Waals surface area contributed by atoms with Crippen LogP contribution in [0.15, 0.2) is 30.9 Å². The average Bonchev–Trinajstić information content (AvgIpc) is 2.70. The van der Waals surface area contributed by atoms with Crippen LogP contribution in [0.25, 0.3) is 5.69 Å². The predicted octanol–water partition coefficient (Wildman–Crippen LogP) is 1.45. The van der Waals surface area contributed by atoms with Crippen molar-refractivity contribution in [2.24, 2.45) is 0 Å². The number of nitriles is 1. The van der Waals surface area contributed by atoms with Gasteiger partial charge < -0.3 is 0 Å². The molecular weight excluding hydrogens is 176 g/mol. The molecule has 0 saturated heterocycles. The molecule has 14 heavy (non-hydrogen) atoms. The first kappa shape index (κ1) is 8.45. The maximum absolute atomic E-state index is 8.76.